The molecule has 158 valence electrons. The van der Waals surface area contributed by atoms with Gasteiger partial charge in [0.1, 0.15) is 5.82 Å². The summed E-state index contributed by atoms with van der Waals surface area (Å²) >= 11 is 6.26. The first-order valence-electron chi connectivity index (χ1n) is 8.75. The molecule has 29 heavy (non-hydrogen) atoms. The van der Waals surface area contributed by atoms with E-state index in [1.54, 1.807) is 13.2 Å². The predicted molar refractivity (Wildman–Crippen MR) is 105 cm³/mol. The highest BCUT2D eigenvalue weighted by Crippen LogP contribution is 2.29. The molecule has 0 fully saturated rings. The Morgan fingerprint density at radius 3 is 2.72 bits per heavy atom. The number of halogens is 4. The van der Waals surface area contributed by atoms with Gasteiger partial charge in [-0.3, -0.25) is 5.32 Å². The monoisotopic (exact) mass is 430 g/mol. The van der Waals surface area contributed by atoms with Gasteiger partial charge in [0, 0.05) is 37.8 Å². The largest absolute Gasteiger partial charge is 0.417 e. The van der Waals surface area contributed by atoms with Crippen LogP contribution in [0.4, 0.5) is 23.8 Å². The number of pyridine rings is 1. The summed E-state index contributed by atoms with van der Waals surface area (Å²) < 4.78 is 42.7. The maximum Gasteiger partial charge on any atom is 0.417 e. The van der Waals surface area contributed by atoms with Crippen molar-refractivity contribution in [3.63, 3.8) is 0 Å². The molecule has 1 aliphatic heterocycles. The van der Waals surface area contributed by atoms with Gasteiger partial charge < -0.3 is 15.4 Å². The van der Waals surface area contributed by atoms with Crippen LogP contribution in [-0.2, 0) is 10.9 Å². The number of carbonyl (C=O) groups is 1. The number of nitrogens with one attached hydrogen (secondary N) is 1. The summed E-state index contributed by atoms with van der Waals surface area (Å²) in [7, 11) is 1.56. The summed E-state index contributed by atoms with van der Waals surface area (Å²) in [6.45, 7) is 1.18. The lowest BCUT2D eigenvalue weighted by atomic mass is 10.0. The number of amides is 2. The van der Waals surface area contributed by atoms with Crippen molar-refractivity contribution in [3.05, 3.63) is 58.4 Å². The Balaban J connectivity index is 1.89. The summed E-state index contributed by atoms with van der Waals surface area (Å²) in [6.07, 6.45) is 2.48. The van der Waals surface area contributed by atoms with E-state index in [0.29, 0.717) is 43.8 Å². The van der Waals surface area contributed by atoms with Gasteiger partial charge in [0.15, 0.2) is 0 Å². The van der Waals surface area contributed by atoms with Crippen LogP contribution in [0.15, 0.2) is 52.9 Å². The first-order valence-corrected chi connectivity index (χ1v) is 9.13. The number of allylic oxidation sites excluding steroid dienone is 1. The molecule has 1 aromatic heterocycles. The van der Waals surface area contributed by atoms with Gasteiger partial charge in [0.2, 0.25) is 0 Å². The summed E-state index contributed by atoms with van der Waals surface area (Å²) in [6, 6.07) is 1.57. The summed E-state index contributed by atoms with van der Waals surface area (Å²) in [5.74, 6) is 0.0583. The Bertz CT molecular complexity index is 805. The molecule has 6 nitrogen and oxygen atoms in total. The lowest BCUT2D eigenvalue weighted by molar-refractivity contribution is -0.137. The third-order valence-electron chi connectivity index (χ3n) is 4.18. The van der Waals surface area contributed by atoms with E-state index >= 15 is 0 Å². The fourth-order valence-corrected chi connectivity index (χ4v) is 2.97. The number of aromatic nitrogens is 1. The summed E-state index contributed by atoms with van der Waals surface area (Å²) in [5, 5.41) is 3.11. The highest BCUT2D eigenvalue weighted by Gasteiger charge is 2.30. The molecule has 0 atom stereocenters. The maximum absolute atomic E-state index is 12.6. The van der Waals surface area contributed by atoms with Crippen LogP contribution in [0.2, 0.25) is 0 Å². The SMILES string of the molecule is COCC(/C=C(/Cl)CC1=CCN(C(=O)Nc2ccc(C(F)(F)F)cn2)CC1)=C/N. The fraction of sp³-hybridized carbons (Fsp3) is 0.368. The lowest BCUT2D eigenvalue weighted by Gasteiger charge is -2.26. The van der Waals surface area contributed by atoms with Crippen molar-refractivity contribution >= 4 is 23.4 Å². The fourth-order valence-electron chi connectivity index (χ4n) is 2.65. The molecule has 2 rings (SSSR count). The van der Waals surface area contributed by atoms with E-state index in [-0.39, 0.29) is 5.82 Å². The molecule has 3 N–H and O–H groups in total. The van der Waals surface area contributed by atoms with Crippen LogP contribution in [0.5, 0.6) is 0 Å². The molecule has 1 aliphatic rings. The number of anilines is 1. The lowest BCUT2D eigenvalue weighted by Crippen LogP contribution is -2.38. The highest BCUT2D eigenvalue weighted by molar-refractivity contribution is 6.29. The third kappa shape index (κ3) is 7.10. The molecule has 0 saturated heterocycles. The van der Waals surface area contributed by atoms with E-state index in [1.165, 1.54) is 11.1 Å². The second-order valence-electron chi connectivity index (χ2n) is 6.36. The Morgan fingerprint density at radius 2 is 2.21 bits per heavy atom. The second kappa shape index (κ2) is 10.3. The summed E-state index contributed by atoms with van der Waals surface area (Å²) in [4.78, 5) is 17.5. The number of nitrogens with zero attached hydrogens (tertiary/aromatic N) is 2. The first-order chi connectivity index (χ1) is 13.7. The average molecular weight is 431 g/mol. The number of nitrogens with two attached hydrogens (primary N) is 1. The van der Waals surface area contributed by atoms with Crippen LogP contribution >= 0.6 is 11.6 Å². The van der Waals surface area contributed by atoms with Crippen molar-refractivity contribution in [3.8, 4) is 0 Å². The van der Waals surface area contributed by atoms with Gasteiger partial charge in [-0.2, -0.15) is 13.2 Å². The molecule has 0 bridgehead atoms. The quantitative estimate of drug-likeness (QED) is 0.522. The van der Waals surface area contributed by atoms with Crippen LogP contribution in [0, 0.1) is 0 Å². The van der Waals surface area contributed by atoms with E-state index < -0.39 is 17.8 Å². The van der Waals surface area contributed by atoms with Crippen molar-refractivity contribution in [2.75, 3.05) is 32.1 Å². The minimum Gasteiger partial charge on any atom is -0.404 e. The Labute approximate surface area is 171 Å². The number of carbonyl (C=O) groups excluding carboxylic acids is 1. The predicted octanol–water partition coefficient (Wildman–Crippen LogP) is 4.27. The van der Waals surface area contributed by atoms with E-state index in [4.69, 9.17) is 22.1 Å². The number of urea groups is 1. The number of hydrogen-bond acceptors (Lipinski definition) is 4. The van der Waals surface area contributed by atoms with E-state index in [0.717, 1.165) is 23.3 Å². The van der Waals surface area contributed by atoms with Crippen molar-refractivity contribution in [2.45, 2.75) is 19.0 Å². The average Bonchev–Trinajstić information content (AvgIpc) is 2.67. The molecule has 0 aromatic carbocycles. The molecule has 0 unspecified atom stereocenters. The Morgan fingerprint density at radius 1 is 1.45 bits per heavy atom. The Hall–Kier alpha value is -2.52. The number of rotatable bonds is 6. The molecule has 0 saturated carbocycles. The molecule has 10 heteroatoms. The smallest absolute Gasteiger partial charge is 0.404 e. The normalized spacial score (nSPS) is 15.9. The van der Waals surface area contributed by atoms with Crippen LogP contribution in [0.1, 0.15) is 18.4 Å². The number of ether oxygens (including phenoxy) is 1. The minimum absolute atomic E-state index is 0.0583. The Kier molecular flexibility index (Phi) is 8.10. The van der Waals surface area contributed by atoms with Gasteiger partial charge in [-0.1, -0.05) is 23.3 Å². The minimum atomic E-state index is -4.47. The topological polar surface area (TPSA) is 80.5 Å². The third-order valence-corrected chi connectivity index (χ3v) is 4.42. The van der Waals surface area contributed by atoms with Crippen LogP contribution < -0.4 is 11.1 Å². The van der Waals surface area contributed by atoms with Crippen LogP contribution in [-0.4, -0.2) is 42.7 Å². The van der Waals surface area contributed by atoms with Gasteiger partial charge in [-0.15, -0.1) is 0 Å². The molecule has 1 aromatic rings. The molecular formula is C19H22ClF3N4O2. The van der Waals surface area contributed by atoms with Crippen molar-refractivity contribution in [1.82, 2.24) is 9.88 Å². The van der Waals surface area contributed by atoms with Crippen LogP contribution in [0.25, 0.3) is 0 Å². The van der Waals surface area contributed by atoms with Gasteiger partial charge in [-0.05, 0) is 36.4 Å². The first kappa shape index (κ1) is 22.8. The molecule has 2 heterocycles. The zero-order valence-electron chi connectivity index (χ0n) is 15.8. The number of methoxy groups -OCH3 is 1. The van der Waals surface area contributed by atoms with Crippen molar-refractivity contribution in [1.29, 1.82) is 0 Å². The molecule has 0 spiro atoms. The zero-order valence-corrected chi connectivity index (χ0v) is 16.6. The van der Waals surface area contributed by atoms with E-state index in [9.17, 15) is 18.0 Å². The molecular weight excluding hydrogens is 409 g/mol. The van der Waals surface area contributed by atoms with Crippen LogP contribution in [0.3, 0.4) is 0 Å². The standard InChI is InChI=1S/C19H22ClF3N4O2/c1-29-12-14(10-24)9-16(20)8-13-4-6-27(7-5-13)18(28)26-17-3-2-15(11-25-17)19(21,22)23/h2-4,9-11H,5-8,12,24H2,1H3,(H,25,26,28)/b14-10+,16-9+. The van der Waals surface area contributed by atoms with Gasteiger partial charge in [0.25, 0.3) is 0 Å². The molecule has 0 radical (unpaired) electrons. The zero-order chi connectivity index (χ0) is 21.4. The van der Waals surface area contributed by atoms with E-state index in [1.807, 2.05) is 6.08 Å². The van der Waals surface area contributed by atoms with Gasteiger partial charge in [-0.25, -0.2) is 9.78 Å². The van der Waals surface area contributed by atoms with E-state index in [2.05, 4.69) is 10.3 Å². The number of alkyl halides is 3. The summed E-state index contributed by atoms with van der Waals surface area (Å²) in [5.41, 5.74) is 6.48. The number of hydrogen-bond donors (Lipinski definition) is 2. The van der Waals surface area contributed by atoms with Crippen molar-refractivity contribution in [2.24, 2.45) is 5.73 Å². The van der Waals surface area contributed by atoms with Crippen molar-refractivity contribution < 1.29 is 22.7 Å². The maximum atomic E-state index is 12.6. The molecule has 2 amide bonds. The van der Waals surface area contributed by atoms with Gasteiger partial charge >= 0.3 is 12.2 Å². The molecule has 0 aliphatic carbocycles. The van der Waals surface area contributed by atoms with Gasteiger partial charge in [0.05, 0.1) is 12.2 Å². The second-order valence-corrected chi connectivity index (χ2v) is 6.85. The highest BCUT2D eigenvalue weighted by atomic mass is 35.5.